The molecule has 1 aliphatic rings. The highest BCUT2D eigenvalue weighted by molar-refractivity contribution is 5.77. The Morgan fingerprint density at radius 3 is 2.89 bits per heavy atom. The van der Waals surface area contributed by atoms with Gasteiger partial charge in [-0.3, -0.25) is 4.79 Å². The molecule has 4 nitrogen and oxygen atoms in total. The van der Waals surface area contributed by atoms with Crippen LogP contribution in [-0.4, -0.2) is 18.1 Å². The number of hydrogen-bond donors (Lipinski definition) is 2. The fourth-order valence-corrected chi connectivity index (χ4v) is 2.10. The van der Waals surface area contributed by atoms with Gasteiger partial charge in [0.2, 0.25) is 5.91 Å². The van der Waals surface area contributed by atoms with Crippen molar-refractivity contribution in [2.75, 3.05) is 12.3 Å². The van der Waals surface area contributed by atoms with Crippen LogP contribution in [0.1, 0.15) is 32.6 Å². The summed E-state index contributed by atoms with van der Waals surface area (Å²) in [5, 5.41) is 3.05. The second kappa shape index (κ2) is 5.29. The first-order valence-corrected chi connectivity index (χ1v) is 6.37. The molecule has 0 heterocycles. The van der Waals surface area contributed by atoms with Crippen molar-refractivity contribution in [3.63, 3.8) is 0 Å². The van der Waals surface area contributed by atoms with Gasteiger partial charge in [-0.15, -0.1) is 0 Å². The van der Waals surface area contributed by atoms with E-state index in [0.29, 0.717) is 24.5 Å². The summed E-state index contributed by atoms with van der Waals surface area (Å²) in [5.74, 6) is 0.763. The lowest BCUT2D eigenvalue weighted by atomic mass is 9.78. The third-order valence-corrected chi connectivity index (χ3v) is 3.35. The van der Waals surface area contributed by atoms with Crippen LogP contribution in [0.15, 0.2) is 24.3 Å². The monoisotopic (exact) mass is 248 g/mol. The lowest BCUT2D eigenvalue weighted by Crippen LogP contribution is -2.51. The number of nitrogen functional groups attached to an aromatic ring is 1. The number of ether oxygens (including phenoxy) is 1. The Balaban J connectivity index is 1.70. The maximum atomic E-state index is 11.7. The van der Waals surface area contributed by atoms with Gasteiger partial charge in [-0.25, -0.2) is 0 Å². The molecule has 3 N–H and O–H groups in total. The van der Waals surface area contributed by atoms with Crippen molar-refractivity contribution in [3.8, 4) is 5.75 Å². The normalized spacial score (nSPS) is 16.7. The van der Waals surface area contributed by atoms with Gasteiger partial charge in [0.25, 0.3) is 0 Å². The highest BCUT2D eigenvalue weighted by Crippen LogP contribution is 2.30. The van der Waals surface area contributed by atoms with Gasteiger partial charge in [0.05, 0.1) is 13.0 Å². The van der Waals surface area contributed by atoms with Gasteiger partial charge in [0.1, 0.15) is 5.75 Å². The third-order valence-electron chi connectivity index (χ3n) is 3.35. The van der Waals surface area contributed by atoms with Crippen LogP contribution in [0.25, 0.3) is 0 Å². The Bertz CT molecular complexity index is 428. The molecular weight excluding hydrogens is 228 g/mol. The van der Waals surface area contributed by atoms with E-state index in [9.17, 15) is 4.79 Å². The van der Waals surface area contributed by atoms with E-state index in [0.717, 1.165) is 12.8 Å². The maximum Gasteiger partial charge on any atom is 0.223 e. The molecule has 1 aromatic rings. The van der Waals surface area contributed by atoms with Gasteiger partial charge < -0.3 is 15.8 Å². The summed E-state index contributed by atoms with van der Waals surface area (Å²) in [5.41, 5.74) is 6.33. The minimum absolute atomic E-state index is 0.0221. The smallest absolute Gasteiger partial charge is 0.223 e. The topological polar surface area (TPSA) is 64.3 Å². The molecule has 0 atom stereocenters. The van der Waals surface area contributed by atoms with Crippen LogP contribution in [-0.2, 0) is 4.79 Å². The van der Waals surface area contributed by atoms with Crippen LogP contribution in [0, 0.1) is 0 Å². The first-order valence-electron chi connectivity index (χ1n) is 6.37. The zero-order chi connectivity index (χ0) is 13.0. The van der Waals surface area contributed by atoms with Crippen molar-refractivity contribution in [1.82, 2.24) is 5.32 Å². The number of hydrogen-bond acceptors (Lipinski definition) is 3. The van der Waals surface area contributed by atoms with Crippen molar-refractivity contribution in [2.45, 2.75) is 38.1 Å². The van der Waals surface area contributed by atoms with E-state index in [1.165, 1.54) is 6.42 Å². The fourth-order valence-electron chi connectivity index (χ4n) is 2.10. The number of nitrogens with two attached hydrogens (primary N) is 1. The van der Waals surface area contributed by atoms with Gasteiger partial charge in [-0.2, -0.15) is 0 Å². The van der Waals surface area contributed by atoms with E-state index in [-0.39, 0.29) is 11.4 Å². The van der Waals surface area contributed by atoms with Crippen LogP contribution in [0.4, 0.5) is 5.69 Å². The summed E-state index contributed by atoms with van der Waals surface area (Å²) in [7, 11) is 0. The molecule has 4 heteroatoms. The Kier molecular flexibility index (Phi) is 3.75. The van der Waals surface area contributed by atoms with Crippen molar-refractivity contribution in [2.24, 2.45) is 0 Å². The predicted octanol–water partition coefficient (Wildman–Crippen LogP) is 2.10. The summed E-state index contributed by atoms with van der Waals surface area (Å²) < 4.78 is 5.48. The number of anilines is 1. The minimum Gasteiger partial charge on any atom is -0.493 e. The molecule has 0 bridgehead atoms. The fraction of sp³-hybridized carbons (Fsp3) is 0.500. The van der Waals surface area contributed by atoms with Gasteiger partial charge >= 0.3 is 0 Å². The Morgan fingerprint density at radius 1 is 1.50 bits per heavy atom. The van der Waals surface area contributed by atoms with E-state index in [1.54, 1.807) is 12.1 Å². The van der Waals surface area contributed by atoms with E-state index in [2.05, 4.69) is 12.2 Å². The number of rotatable bonds is 5. The molecule has 1 fully saturated rings. The first kappa shape index (κ1) is 12.7. The number of carbonyl (C=O) groups is 1. The molecule has 0 aliphatic heterocycles. The molecule has 1 saturated carbocycles. The first-order chi connectivity index (χ1) is 8.57. The highest BCUT2D eigenvalue weighted by atomic mass is 16.5. The lowest BCUT2D eigenvalue weighted by Gasteiger charge is -2.39. The summed E-state index contributed by atoms with van der Waals surface area (Å²) in [4.78, 5) is 11.7. The molecule has 1 amide bonds. The van der Waals surface area contributed by atoms with Gasteiger partial charge in [-0.1, -0.05) is 6.07 Å². The molecule has 0 unspecified atom stereocenters. The van der Waals surface area contributed by atoms with E-state index in [4.69, 9.17) is 10.5 Å². The van der Waals surface area contributed by atoms with Crippen molar-refractivity contribution in [3.05, 3.63) is 24.3 Å². The molecule has 0 radical (unpaired) electrons. The molecule has 18 heavy (non-hydrogen) atoms. The molecular formula is C14H20N2O2. The Hall–Kier alpha value is -1.71. The highest BCUT2D eigenvalue weighted by Gasteiger charge is 2.32. The van der Waals surface area contributed by atoms with Crippen LogP contribution in [0.2, 0.25) is 0 Å². The quantitative estimate of drug-likeness (QED) is 0.784. The molecule has 2 rings (SSSR count). The molecule has 1 aromatic carbocycles. The second-order valence-electron chi connectivity index (χ2n) is 5.13. The number of nitrogens with one attached hydrogen (secondary N) is 1. The standard InChI is InChI=1S/C14H20N2O2/c1-14(7-3-8-14)16-13(17)6-9-18-12-5-2-4-11(15)10-12/h2,4-5,10H,3,6-9,15H2,1H3,(H,16,17). The van der Waals surface area contributed by atoms with E-state index < -0.39 is 0 Å². The van der Waals surface area contributed by atoms with Crippen molar-refractivity contribution >= 4 is 11.6 Å². The van der Waals surface area contributed by atoms with Crippen LogP contribution in [0.5, 0.6) is 5.75 Å². The van der Waals surface area contributed by atoms with Crippen molar-refractivity contribution < 1.29 is 9.53 Å². The molecule has 0 spiro atoms. The maximum absolute atomic E-state index is 11.7. The molecule has 0 aromatic heterocycles. The average Bonchev–Trinajstić information content (AvgIpc) is 2.27. The Morgan fingerprint density at radius 2 is 2.28 bits per heavy atom. The number of carbonyl (C=O) groups excluding carboxylic acids is 1. The van der Waals surface area contributed by atoms with E-state index >= 15 is 0 Å². The van der Waals surface area contributed by atoms with Gasteiger partial charge in [0.15, 0.2) is 0 Å². The van der Waals surface area contributed by atoms with Gasteiger partial charge in [0, 0.05) is 17.3 Å². The summed E-state index contributed by atoms with van der Waals surface area (Å²) in [6, 6.07) is 7.23. The largest absolute Gasteiger partial charge is 0.493 e. The number of amides is 1. The van der Waals surface area contributed by atoms with Crippen LogP contribution in [0.3, 0.4) is 0 Å². The SMILES string of the molecule is CC1(NC(=O)CCOc2cccc(N)c2)CCC1. The summed E-state index contributed by atoms with van der Waals surface area (Å²) >= 11 is 0. The number of benzene rings is 1. The molecule has 98 valence electrons. The minimum atomic E-state index is 0.0221. The summed E-state index contributed by atoms with van der Waals surface area (Å²) in [6.45, 7) is 2.47. The predicted molar refractivity (Wildman–Crippen MR) is 71.4 cm³/mol. The van der Waals surface area contributed by atoms with Crippen molar-refractivity contribution in [1.29, 1.82) is 0 Å². The van der Waals surface area contributed by atoms with Crippen LogP contribution >= 0.6 is 0 Å². The zero-order valence-electron chi connectivity index (χ0n) is 10.7. The molecule has 1 aliphatic carbocycles. The Labute approximate surface area is 108 Å². The van der Waals surface area contributed by atoms with E-state index in [1.807, 2.05) is 12.1 Å². The third kappa shape index (κ3) is 3.39. The average molecular weight is 248 g/mol. The van der Waals surface area contributed by atoms with Crippen LogP contribution < -0.4 is 15.8 Å². The molecule has 0 saturated heterocycles. The zero-order valence-corrected chi connectivity index (χ0v) is 10.7. The van der Waals surface area contributed by atoms with Gasteiger partial charge in [-0.05, 0) is 38.3 Å². The lowest BCUT2D eigenvalue weighted by molar-refractivity contribution is -0.124. The summed E-state index contributed by atoms with van der Waals surface area (Å²) in [6.07, 6.45) is 3.74. The second-order valence-corrected chi connectivity index (χ2v) is 5.13.